The van der Waals surface area contributed by atoms with Gasteiger partial charge >= 0.3 is 0 Å². The topological polar surface area (TPSA) is 64.0 Å². The van der Waals surface area contributed by atoms with Crippen molar-refractivity contribution in [2.45, 2.75) is 6.54 Å². The highest BCUT2D eigenvalue weighted by molar-refractivity contribution is 9.10. The third-order valence-electron chi connectivity index (χ3n) is 2.38. The van der Waals surface area contributed by atoms with Crippen molar-refractivity contribution >= 4 is 50.7 Å². The number of hydrogen-bond acceptors (Lipinski definition) is 3. The van der Waals surface area contributed by atoms with Crippen LogP contribution in [-0.2, 0) is 11.3 Å². The molecule has 0 fully saturated rings. The summed E-state index contributed by atoms with van der Waals surface area (Å²) in [7, 11) is 0. The van der Waals surface area contributed by atoms with Crippen LogP contribution in [-0.4, -0.2) is 15.5 Å². The van der Waals surface area contributed by atoms with Crippen molar-refractivity contribution in [3.8, 4) is 0 Å². The molecule has 8 heteroatoms. The maximum atomic E-state index is 11.8. The molecular weight excluding hydrogens is 369 g/mol. The van der Waals surface area contributed by atoms with E-state index in [4.69, 9.17) is 23.2 Å². The average Bonchev–Trinajstić information content (AvgIpc) is 2.42. The van der Waals surface area contributed by atoms with E-state index in [1.54, 1.807) is 24.3 Å². The number of anilines is 1. The fraction of sp³-hybridized carbons (Fsp3) is 0.0833. The van der Waals surface area contributed by atoms with E-state index in [-0.39, 0.29) is 22.1 Å². The zero-order valence-electron chi connectivity index (χ0n) is 9.94. The predicted molar refractivity (Wildman–Crippen MR) is 81.3 cm³/mol. The summed E-state index contributed by atoms with van der Waals surface area (Å²) in [5.74, 6) is -0.356. The van der Waals surface area contributed by atoms with E-state index >= 15 is 0 Å². The van der Waals surface area contributed by atoms with Crippen LogP contribution in [0.15, 0.2) is 39.9 Å². The molecule has 0 radical (unpaired) electrons. The van der Waals surface area contributed by atoms with Crippen LogP contribution in [0.4, 0.5) is 5.69 Å². The largest absolute Gasteiger partial charge is 0.325 e. The zero-order chi connectivity index (χ0) is 14.7. The Hall–Kier alpha value is -1.37. The Morgan fingerprint density at radius 3 is 2.60 bits per heavy atom. The monoisotopic (exact) mass is 375 g/mol. The van der Waals surface area contributed by atoms with Crippen LogP contribution in [0.25, 0.3) is 0 Å². The van der Waals surface area contributed by atoms with Crippen molar-refractivity contribution in [3.05, 3.63) is 55.6 Å². The van der Waals surface area contributed by atoms with E-state index in [1.807, 2.05) is 0 Å². The number of amides is 1. The van der Waals surface area contributed by atoms with Gasteiger partial charge in [0.1, 0.15) is 11.0 Å². The van der Waals surface area contributed by atoms with Crippen LogP contribution in [0.5, 0.6) is 0 Å². The van der Waals surface area contributed by atoms with Crippen molar-refractivity contribution < 1.29 is 4.79 Å². The first-order chi connectivity index (χ1) is 9.47. The first kappa shape index (κ1) is 15.0. The number of benzene rings is 1. The molecule has 0 bridgehead atoms. The van der Waals surface area contributed by atoms with Crippen LogP contribution in [0.3, 0.4) is 0 Å². The van der Waals surface area contributed by atoms with Gasteiger partial charge in [0, 0.05) is 10.7 Å². The van der Waals surface area contributed by atoms with Crippen molar-refractivity contribution in [1.29, 1.82) is 0 Å². The minimum atomic E-state index is -0.420. The second-order valence-corrected chi connectivity index (χ2v) is 5.42. The Morgan fingerprint density at radius 1 is 1.30 bits per heavy atom. The van der Waals surface area contributed by atoms with Gasteiger partial charge in [-0.05, 0) is 40.2 Å². The lowest BCUT2D eigenvalue weighted by Gasteiger charge is -2.07. The van der Waals surface area contributed by atoms with E-state index < -0.39 is 5.56 Å². The second-order valence-electron chi connectivity index (χ2n) is 3.84. The van der Waals surface area contributed by atoms with Gasteiger partial charge in [0.05, 0.1) is 6.33 Å². The normalized spacial score (nSPS) is 10.3. The third kappa shape index (κ3) is 3.59. The average molecular weight is 377 g/mol. The van der Waals surface area contributed by atoms with Gasteiger partial charge in [-0.3, -0.25) is 14.2 Å². The molecule has 1 heterocycles. The number of carbonyl (C=O) groups excluding carboxylic acids is 1. The summed E-state index contributed by atoms with van der Waals surface area (Å²) < 4.78 is 1.28. The summed E-state index contributed by atoms with van der Waals surface area (Å²) in [6.45, 7) is -0.162. The second kappa shape index (κ2) is 6.39. The third-order valence-corrected chi connectivity index (χ3v) is 3.86. The van der Waals surface area contributed by atoms with Crippen LogP contribution in [0, 0.1) is 0 Å². The van der Waals surface area contributed by atoms with Crippen LogP contribution in [0.1, 0.15) is 0 Å². The Kier molecular flexibility index (Phi) is 4.80. The maximum absolute atomic E-state index is 11.8. The highest BCUT2D eigenvalue weighted by Gasteiger charge is 2.10. The lowest BCUT2D eigenvalue weighted by molar-refractivity contribution is -0.116. The molecule has 0 saturated carbocycles. The fourth-order valence-corrected chi connectivity index (χ4v) is 2.03. The maximum Gasteiger partial charge on any atom is 0.269 e. The summed E-state index contributed by atoms with van der Waals surface area (Å²) in [6.07, 6.45) is 1.22. The number of nitrogens with zero attached hydrogens (tertiary/aromatic N) is 2. The summed E-state index contributed by atoms with van der Waals surface area (Å²) in [4.78, 5) is 27.4. The number of nitrogens with one attached hydrogen (secondary N) is 1. The van der Waals surface area contributed by atoms with Gasteiger partial charge in [0.25, 0.3) is 5.56 Å². The molecule has 20 heavy (non-hydrogen) atoms. The van der Waals surface area contributed by atoms with Gasteiger partial charge in [-0.2, -0.15) is 0 Å². The molecule has 0 aliphatic carbocycles. The van der Waals surface area contributed by atoms with Gasteiger partial charge < -0.3 is 5.32 Å². The minimum Gasteiger partial charge on any atom is -0.325 e. The highest BCUT2D eigenvalue weighted by atomic mass is 79.9. The Bertz CT molecular complexity index is 701. The summed E-state index contributed by atoms with van der Waals surface area (Å²) >= 11 is 14.5. The van der Waals surface area contributed by atoms with E-state index in [1.165, 1.54) is 6.33 Å². The van der Waals surface area contributed by atoms with Gasteiger partial charge in [0.15, 0.2) is 5.15 Å². The SMILES string of the molecule is O=C(Cn1cnc(Cl)c(Br)c1=O)Nc1ccc(Cl)cc1. The van der Waals surface area contributed by atoms with Gasteiger partial charge in [-0.1, -0.05) is 23.2 Å². The molecule has 0 aliphatic rings. The first-order valence-corrected chi connectivity index (χ1v) is 6.98. The van der Waals surface area contributed by atoms with Gasteiger partial charge in [-0.15, -0.1) is 0 Å². The molecule has 0 atom stereocenters. The van der Waals surface area contributed by atoms with E-state index in [0.29, 0.717) is 10.7 Å². The molecule has 1 N–H and O–H groups in total. The molecule has 2 aromatic rings. The highest BCUT2D eigenvalue weighted by Crippen LogP contribution is 2.14. The molecule has 2 rings (SSSR count). The van der Waals surface area contributed by atoms with Crippen LogP contribution >= 0.6 is 39.1 Å². The first-order valence-electron chi connectivity index (χ1n) is 5.43. The Balaban J connectivity index is 2.11. The molecule has 0 spiro atoms. The summed E-state index contributed by atoms with van der Waals surface area (Å²) in [5, 5.41) is 3.28. The van der Waals surface area contributed by atoms with Crippen LogP contribution < -0.4 is 10.9 Å². The van der Waals surface area contributed by atoms with Crippen LogP contribution in [0.2, 0.25) is 10.2 Å². The van der Waals surface area contributed by atoms with E-state index in [9.17, 15) is 9.59 Å². The summed E-state index contributed by atoms with van der Waals surface area (Å²) in [5.41, 5.74) is 0.171. The van der Waals surface area contributed by atoms with Crippen molar-refractivity contribution in [3.63, 3.8) is 0 Å². The molecule has 1 aromatic heterocycles. The molecule has 0 saturated heterocycles. The number of halogens is 3. The Morgan fingerprint density at radius 2 is 1.95 bits per heavy atom. The molecule has 0 aliphatic heterocycles. The molecule has 5 nitrogen and oxygen atoms in total. The number of carbonyl (C=O) groups is 1. The molecular formula is C12H8BrCl2N3O2. The standard InChI is InChI=1S/C12H8BrCl2N3O2/c13-10-11(15)16-6-18(12(10)20)5-9(19)17-8-3-1-7(14)2-4-8/h1-4,6H,5H2,(H,17,19). The summed E-state index contributed by atoms with van der Waals surface area (Å²) in [6, 6.07) is 6.64. The lowest BCUT2D eigenvalue weighted by Crippen LogP contribution is -2.28. The lowest BCUT2D eigenvalue weighted by atomic mass is 10.3. The zero-order valence-corrected chi connectivity index (χ0v) is 13.0. The van der Waals surface area contributed by atoms with Crippen molar-refractivity contribution in [1.82, 2.24) is 9.55 Å². The minimum absolute atomic E-state index is 0.0596. The smallest absolute Gasteiger partial charge is 0.269 e. The number of rotatable bonds is 3. The van der Waals surface area contributed by atoms with E-state index in [0.717, 1.165) is 4.57 Å². The van der Waals surface area contributed by atoms with E-state index in [2.05, 4.69) is 26.2 Å². The molecule has 104 valence electrons. The quantitative estimate of drug-likeness (QED) is 0.837. The van der Waals surface area contributed by atoms with Gasteiger partial charge in [0.2, 0.25) is 5.91 Å². The number of hydrogen-bond donors (Lipinski definition) is 1. The molecule has 1 amide bonds. The predicted octanol–water partition coefficient (Wildman–Crippen LogP) is 2.95. The molecule has 0 unspecified atom stereocenters. The molecule has 1 aromatic carbocycles. The Labute approximate surface area is 132 Å². The van der Waals surface area contributed by atoms with Crippen molar-refractivity contribution in [2.75, 3.05) is 5.32 Å². The fourth-order valence-electron chi connectivity index (χ4n) is 1.44. The van der Waals surface area contributed by atoms with Gasteiger partial charge in [-0.25, -0.2) is 4.98 Å². The van der Waals surface area contributed by atoms with Crippen molar-refractivity contribution in [2.24, 2.45) is 0 Å². The number of aromatic nitrogens is 2.